The fourth-order valence-corrected chi connectivity index (χ4v) is 0.954. The van der Waals surface area contributed by atoms with E-state index in [1.165, 1.54) is 0 Å². The van der Waals surface area contributed by atoms with Crippen LogP contribution < -0.4 is 5.32 Å². The molecule has 1 aliphatic rings. The number of aryl methyl sites for hydroxylation is 1. The molecule has 0 radical (unpaired) electrons. The maximum atomic E-state index is 4.94. The summed E-state index contributed by atoms with van der Waals surface area (Å²) in [4.78, 5) is 4.09. The molecule has 0 aromatic carbocycles. The van der Waals surface area contributed by atoms with Crippen LogP contribution in [-0.2, 0) is 0 Å². The van der Waals surface area contributed by atoms with E-state index in [0.717, 1.165) is 18.9 Å². The fourth-order valence-electron chi connectivity index (χ4n) is 0.954. The largest absolute Gasteiger partial charge is 0.338 e. The van der Waals surface area contributed by atoms with E-state index in [1.807, 2.05) is 6.92 Å². The molecule has 1 N–H and O–H groups in total. The smallest absolute Gasteiger partial charge is 0.243 e. The maximum Gasteiger partial charge on any atom is 0.243 e. The minimum Gasteiger partial charge on any atom is -0.338 e. The van der Waals surface area contributed by atoms with Crippen LogP contribution in [0, 0.1) is 6.92 Å². The zero-order chi connectivity index (χ0) is 6.97. The highest BCUT2D eigenvalue weighted by atomic mass is 16.5. The second-order valence-electron chi connectivity index (χ2n) is 2.48. The first-order valence-corrected chi connectivity index (χ1v) is 3.40. The number of rotatable bonds is 1. The molecule has 10 heavy (non-hydrogen) atoms. The molecule has 2 rings (SSSR count). The van der Waals surface area contributed by atoms with Gasteiger partial charge in [-0.3, -0.25) is 0 Å². The summed E-state index contributed by atoms with van der Waals surface area (Å²) in [5, 5.41) is 6.87. The van der Waals surface area contributed by atoms with Crippen LogP contribution in [0.3, 0.4) is 0 Å². The lowest BCUT2D eigenvalue weighted by Gasteiger charge is -2.23. The van der Waals surface area contributed by atoms with Crippen LogP contribution in [-0.4, -0.2) is 16.7 Å². The lowest BCUT2D eigenvalue weighted by Crippen LogP contribution is -2.35. The van der Waals surface area contributed by atoms with Gasteiger partial charge in [0.05, 0.1) is 6.04 Å². The zero-order valence-corrected chi connectivity index (χ0v) is 5.79. The quantitative estimate of drug-likeness (QED) is 0.612. The number of nitrogens with zero attached hydrogens (tertiary/aromatic N) is 2. The van der Waals surface area contributed by atoms with E-state index in [1.54, 1.807) is 0 Å². The summed E-state index contributed by atoms with van der Waals surface area (Å²) in [7, 11) is 0. The zero-order valence-electron chi connectivity index (χ0n) is 5.79. The molecule has 1 aromatic heterocycles. The summed E-state index contributed by atoms with van der Waals surface area (Å²) in [5.41, 5.74) is 0. The van der Waals surface area contributed by atoms with Crippen LogP contribution in [0.2, 0.25) is 0 Å². The van der Waals surface area contributed by atoms with Gasteiger partial charge in [0.1, 0.15) is 0 Å². The number of aromatic nitrogens is 2. The normalized spacial score (nSPS) is 24.3. The molecule has 54 valence electrons. The van der Waals surface area contributed by atoms with Crippen LogP contribution in [0.1, 0.15) is 24.2 Å². The van der Waals surface area contributed by atoms with Crippen LogP contribution in [0.15, 0.2) is 4.52 Å². The van der Waals surface area contributed by atoms with Gasteiger partial charge in [-0.15, -0.1) is 0 Å². The number of nitrogens with one attached hydrogen (secondary N) is 1. The Morgan fingerprint density at radius 3 is 2.90 bits per heavy atom. The topological polar surface area (TPSA) is 51.0 Å². The van der Waals surface area contributed by atoms with Crippen LogP contribution in [0.4, 0.5) is 0 Å². The molecule has 0 saturated carbocycles. The maximum absolute atomic E-state index is 4.94. The Labute approximate surface area is 58.6 Å². The molecule has 0 spiro atoms. The highest BCUT2D eigenvalue weighted by Crippen LogP contribution is 2.19. The molecular weight excluding hydrogens is 130 g/mol. The van der Waals surface area contributed by atoms with Crippen molar-refractivity contribution in [3.05, 3.63) is 11.7 Å². The summed E-state index contributed by atoms with van der Waals surface area (Å²) >= 11 is 0. The molecule has 1 fully saturated rings. The van der Waals surface area contributed by atoms with Gasteiger partial charge in [-0.05, 0) is 19.9 Å². The van der Waals surface area contributed by atoms with E-state index in [2.05, 4.69) is 15.5 Å². The van der Waals surface area contributed by atoms with E-state index in [4.69, 9.17) is 4.52 Å². The Hall–Kier alpha value is -0.900. The predicted octanol–water partition coefficient (Wildman–Crippen LogP) is 0.412. The van der Waals surface area contributed by atoms with Gasteiger partial charge < -0.3 is 9.84 Å². The van der Waals surface area contributed by atoms with Crippen molar-refractivity contribution in [3.8, 4) is 0 Å². The number of hydrogen-bond acceptors (Lipinski definition) is 4. The molecule has 1 atom stereocenters. The standard InChI is InChI=1S/C6H9N3O/c1-4-8-6(10-9-4)5-2-3-7-5/h5,7H,2-3H2,1H3. The molecule has 0 amide bonds. The van der Waals surface area contributed by atoms with E-state index in [-0.39, 0.29) is 0 Å². The summed E-state index contributed by atoms with van der Waals surface area (Å²) in [6, 6.07) is 0.321. The van der Waals surface area contributed by atoms with Crippen LogP contribution in [0.25, 0.3) is 0 Å². The van der Waals surface area contributed by atoms with Gasteiger partial charge in [-0.25, -0.2) is 0 Å². The van der Waals surface area contributed by atoms with E-state index < -0.39 is 0 Å². The van der Waals surface area contributed by atoms with Gasteiger partial charge in [0.15, 0.2) is 5.82 Å². The van der Waals surface area contributed by atoms with Crippen molar-refractivity contribution in [1.29, 1.82) is 0 Å². The highest BCUT2D eigenvalue weighted by molar-refractivity contribution is 4.95. The Morgan fingerprint density at radius 2 is 2.50 bits per heavy atom. The van der Waals surface area contributed by atoms with Gasteiger partial charge in [0.2, 0.25) is 5.89 Å². The average molecular weight is 139 g/mol. The fraction of sp³-hybridized carbons (Fsp3) is 0.667. The second kappa shape index (κ2) is 2.05. The van der Waals surface area contributed by atoms with Crippen molar-refractivity contribution < 1.29 is 4.52 Å². The molecule has 1 saturated heterocycles. The summed E-state index contributed by atoms with van der Waals surface area (Å²) in [6.07, 6.45) is 1.11. The van der Waals surface area contributed by atoms with Crippen molar-refractivity contribution in [3.63, 3.8) is 0 Å². The second-order valence-corrected chi connectivity index (χ2v) is 2.48. The molecule has 1 aliphatic heterocycles. The number of hydrogen-bond donors (Lipinski definition) is 1. The van der Waals surface area contributed by atoms with Gasteiger partial charge in [0.25, 0.3) is 0 Å². The third-order valence-electron chi connectivity index (χ3n) is 1.67. The third-order valence-corrected chi connectivity index (χ3v) is 1.67. The summed E-state index contributed by atoms with van der Waals surface area (Å²) in [6.45, 7) is 2.89. The van der Waals surface area contributed by atoms with Crippen molar-refractivity contribution in [2.24, 2.45) is 0 Å². The molecule has 1 unspecified atom stereocenters. The van der Waals surface area contributed by atoms with Crippen LogP contribution >= 0.6 is 0 Å². The first kappa shape index (κ1) is 5.85. The first-order valence-electron chi connectivity index (χ1n) is 3.40. The third kappa shape index (κ3) is 0.806. The minimum atomic E-state index is 0.321. The molecule has 2 heterocycles. The van der Waals surface area contributed by atoms with E-state index >= 15 is 0 Å². The van der Waals surface area contributed by atoms with Gasteiger partial charge >= 0.3 is 0 Å². The molecule has 1 aromatic rings. The molecular formula is C6H9N3O. The van der Waals surface area contributed by atoms with Gasteiger partial charge in [-0.2, -0.15) is 4.98 Å². The Bertz CT molecular complexity index is 229. The van der Waals surface area contributed by atoms with Gasteiger partial charge in [-0.1, -0.05) is 5.16 Å². The van der Waals surface area contributed by atoms with Crippen molar-refractivity contribution in [2.45, 2.75) is 19.4 Å². The van der Waals surface area contributed by atoms with Crippen molar-refractivity contribution in [1.82, 2.24) is 15.5 Å². The Kier molecular flexibility index (Phi) is 1.20. The van der Waals surface area contributed by atoms with Gasteiger partial charge in [0, 0.05) is 0 Å². The highest BCUT2D eigenvalue weighted by Gasteiger charge is 2.23. The average Bonchev–Trinajstić information content (AvgIpc) is 2.10. The predicted molar refractivity (Wildman–Crippen MR) is 34.4 cm³/mol. The summed E-state index contributed by atoms with van der Waals surface area (Å²) in [5.74, 6) is 1.44. The van der Waals surface area contributed by atoms with Crippen LogP contribution in [0.5, 0.6) is 0 Å². The molecule has 0 bridgehead atoms. The molecule has 4 heteroatoms. The molecule has 4 nitrogen and oxygen atoms in total. The van der Waals surface area contributed by atoms with E-state index in [0.29, 0.717) is 11.9 Å². The Balaban J connectivity index is 2.17. The first-order chi connectivity index (χ1) is 4.86. The van der Waals surface area contributed by atoms with E-state index in [9.17, 15) is 0 Å². The molecule has 0 aliphatic carbocycles. The SMILES string of the molecule is Cc1noc(C2CCN2)n1. The summed E-state index contributed by atoms with van der Waals surface area (Å²) < 4.78 is 4.94. The van der Waals surface area contributed by atoms with Crippen molar-refractivity contribution in [2.75, 3.05) is 6.54 Å². The lowest BCUT2D eigenvalue weighted by molar-refractivity contribution is 0.273. The van der Waals surface area contributed by atoms with Crippen molar-refractivity contribution >= 4 is 0 Å². The lowest BCUT2D eigenvalue weighted by atomic mass is 10.1. The monoisotopic (exact) mass is 139 g/mol. The minimum absolute atomic E-state index is 0.321. The Morgan fingerprint density at radius 1 is 1.70 bits per heavy atom.